The van der Waals surface area contributed by atoms with E-state index in [4.69, 9.17) is 4.52 Å². The van der Waals surface area contributed by atoms with Crippen molar-refractivity contribution in [2.75, 3.05) is 0 Å². The fraction of sp³-hybridized carbons (Fsp3) is 0.500. The molecule has 4 nitrogen and oxygen atoms in total. The Morgan fingerprint density at radius 3 is 2.42 bits per heavy atom. The van der Waals surface area contributed by atoms with Gasteiger partial charge < -0.3 is 4.52 Å². The summed E-state index contributed by atoms with van der Waals surface area (Å²) in [4.78, 5) is 8.38. The van der Waals surface area contributed by atoms with E-state index in [0.29, 0.717) is 18.7 Å². The molecule has 2 aromatic heterocycles. The molecule has 0 saturated heterocycles. The number of pyridine rings is 1. The van der Waals surface area contributed by atoms with E-state index in [0.717, 1.165) is 24.8 Å². The van der Waals surface area contributed by atoms with Crippen LogP contribution >= 0.6 is 0 Å². The van der Waals surface area contributed by atoms with Gasteiger partial charge in [0.25, 0.3) is 5.89 Å². The summed E-state index contributed by atoms with van der Waals surface area (Å²) < 4.78 is 19.1. The third kappa shape index (κ3) is 1.54. The third-order valence-electron chi connectivity index (χ3n) is 4.37. The van der Waals surface area contributed by atoms with Crippen LogP contribution in [0.2, 0.25) is 0 Å². The van der Waals surface area contributed by atoms with E-state index in [1.807, 2.05) is 12.1 Å². The Labute approximate surface area is 110 Å². The number of halogens is 1. The molecule has 5 heteroatoms. The average molecular weight is 259 g/mol. The maximum Gasteiger partial charge on any atom is 0.264 e. The first-order valence-electron chi connectivity index (χ1n) is 6.67. The number of aromatic nitrogens is 3. The molecule has 4 rings (SSSR count). The molecule has 2 aliphatic carbocycles. The van der Waals surface area contributed by atoms with Gasteiger partial charge in [0.2, 0.25) is 0 Å². The molecule has 2 aliphatic rings. The number of alkyl halides is 1. The number of rotatable bonds is 3. The van der Waals surface area contributed by atoms with E-state index >= 15 is 0 Å². The van der Waals surface area contributed by atoms with Crippen LogP contribution < -0.4 is 0 Å². The van der Waals surface area contributed by atoms with Gasteiger partial charge in [0.1, 0.15) is 0 Å². The van der Waals surface area contributed by atoms with Crippen LogP contribution in [-0.4, -0.2) is 15.1 Å². The van der Waals surface area contributed by atoms with E-state index in [-0.39, 0.29) is 11.3 Å². The predicted molar refractivity (Wildman–Crippen MR) is 65.2 cm³/mol. The lowest BCUT2D eigenvalue weighted by atomic mass is 9.64. The lowest BCUT2D eigenvalue weighted by Gasteiger charge is -2.39. The first kappa shape index (κ1) is 11.1. The Hall–Kier alpha value is -1.78. The maximum absolute atomic E-state index is 14.0. The highest BCUT2D eigenvalue weighted by atomic mass is 19.1. The number of hydrogen-bond donors (Lipinski definition) is 0. The van der Waals surface area contributed by atoms with Crippen molar-refractivity contribution < 1.29 is 8.91 Å². The van der Waals surface area contributed by atoms with E-state index < -0.39 is 5.67 Å². The Morgan fingerprint density at radius 2 is 1.84 bits per heavy atom. The van der Waals surface area contributed by atoms with Crippen molar-refractivity contribution in [2.45, 2.75) is 43.2 Å². The van der Waals surface area contributed by atoms with E-state index in [1.54, 1.807) is 12.4 Å². The zero-order valence-electron chi connectivity index (χ0n) is 10.5. The first-order valence-corrected chi connectivity index (χ1v) is 6.67. The summed E-state index contributed by atoms with van der Waals surface area (Å²) >= 11 is 0. The molecule has 0 aliphatic heterocycles. The highest BCUT2D eigenvalue weighted by Gasteiger charge is 2.52. The second-order valence-electron chi connectivity index (χ2n) is 5.56. The standard InChI is InChI=1S/C14H14FN3O/c15-14(6-7-14)12-17-11(18-19-12)13(4-1-5-13)10-2-8-16-9-3-10/h2-3,8-9H,1,4-7H2. The molecule has 2 saturated carbocycles. The Kier molecular flexibility index (Phi) is 2.11. The van der Waals surface area contributed by atoms with Gasteiger partial charge in [-0.2, -0.15) is 4.98 Å². The highest BCUT2D eigenvalue weighted by molar-refractivity contribution is 5.34. The van der Waals surface area contributed by atoms with Crippen LogP contribution in [0.3, 0.4) is 0 Å². The second-order valence-corrected chi connectivity index (χ2v) is 5.56. The van der Waals surface area contributed by atoms with Gasteiger partial charge in [-0.3, -0.25) is 4.98 Å². The van der Waals surface area contributed by atoms with Crippen LogP contribution in [0.25, 0.3) is 0 Å². The van der Waals surface area contributed by atoms with Crippen molar-refractivity contribution in [3.8, 4) is 0 Å². The molecule has 0 spiro atoms. The topological polar surface area (TPSA) is 51.8 Å². The lowest BCUT2D eigenvalue weighted by Crippen LogP contribution is -2.36. The molecular formula is C14H14FN3O. The largest absolute Gasteiger partial charge is 0.336 e. The minimum absolute atomic E-state index is 0.155. The number of nitrogens with zero attached hydrogens (tertiary/aromatic N) is 3. The van der Waals surface area contributed by atoms with Crippen molar-refractivity contribution in [3.63, 3.8) is 0 Å². The third-order valence-corrected chi connectivity index (χ3v) is 4.37. The van der Waals surface area contributed by atoms with Crippen LogP contribution in [0.5, 0.6) is 0 Å². The van der Waals surface area contributed by atoms with Gasteiger partial charge in [-0.05, 0) is 43.4 Å². The Balaban J connectivity index is 1.75. The average Bonchev–Trinajstić information content (AvgIpc) is 2.94. The van der Waals surface area contributed by atoms with Gasteiger partial charge >= 0.3 is 0 Å². The van der Waals surface area contributed by atoms with E-state index in [1.165, 1.54) is 0 Å². The van der Waals surface area contributed by atoms with Crippen molar-refractivity contribution in [3.05, 3.63) is 41.8 Å². The number of hydrogen-bond acceptors (Lipinski definition) is 4. The summed E-state index contributed by atoms with van der Waals surface area (Å²) in [6.45, 7) is 0. The summed E-state index contributed by atoms with van der Waals surface area (Å²) in [6, 6.07) is 3.97. The van der Waals surface area contributed by atoms with Crippen molar-refractivity contribution in [1.29, 1.82) is 0 Å². The van der Waals surface area contributed by atoms with Crippen LogP contribution in [0, 0.1) is 0 Å². The minimum atomic E-state index is -1.35. The molecule has 2 aromatic rings. The summed E-state index contributed by atoms with van der Waals surface area (Å²) in [5.74, 6) is 0.784. The zero-order valence-corrected chi connectivity index (χ0v) is 10.5. The minimum Gasteiger partial charge on any atom is -0.336 e. The summed E-state index contributed by atoms with van der Waals surface area (Å²) in [5, 5.41) is 4.05. The zero-order chi connectivity index (χ0) is 12.9. The van der Waals surface area contributed by atoms with E-state index in [2.05, 4.69) is 15.1 Å². The van der Waals surface area contributed by atoms with Gasteiger partial charge in [-0.25, -0.2) is 4.39 Å². The monoisotopic (exact) mass is 259 g/mol. The normalized spacial score (nSPS) is 22.8. The van der Waals surface area contributed by atoms with Crippen molar-refractivity contribution >= 4 is 0 Å². The molecule has 0 aromatic carbocycles. The Morgan fingerprint density at radius 1 is 1.11 bits per heavy atom. The van der Waals surface area contributed by atoms with E-state index in [9.17, 15) is 4.39 Å². The second kappa shape index (κ2) is 3.62. The summed E-state index contributed by atoms with van der Waals surface area (Å²) in [6.07, 6.45) is 7.63. The summed E-state index contributed by atoms with van der Waals surface area (Å²) in [7, 11) is 0. The van der Waals surface area contributed by atoms with Gasteiger partial charge in [-0.1, -0.05) is 11.6 Å². The van der Waals surface area contributed by atoms with Crippen LogP contribution in [0.15, 0.2) is 29.0 Å². The Bertz CT molecular complexity index is 602. The van der Waals surface area contributed by atoms with Crippen LogP contribution in [-0.2, 0) is 11.1 Å². The molecular weight excluding hydrogens is 245 g/mol. The lowest BCUT2D eigenvalue weighted by molar-refractivity contribution is 0.222. The van der Waals surface area contributed by atoms with Gasteiger partial charge in [0.15, 0.2) is 11.5 Å². The smallest absolute Gasteiger partial charge is 0.264 e. The molecule has 98 valence electrons. The first-order chi connectivity index (χ1) is 9.23. The quantitative estimate of drug-likeness (QED) is 0.850. The van der Waals surface area contributed by atoms with Gasteiger partial charge in [0.05, 0.1) is 5.41 Å². The molecule has 2 heterocycles. The maximum atomic E-state index is 14.0. The van der Waals surface area contributed by atoms with Crippen LogP contribution in [0.1, 0.15) is 49.4 Å². The molecule has 19 heavy (non-hydrogen) atoms. The molecule has 0 unspecified atom stereocenters. The van der Waals surface area contributed by atoms with Crippen molar-refractivity contribution in [1.82, 2.24) is 15.1 Å². The molecule has 0 atom stereocenters. The molecule has 2 fully saturated rings. The van der Waals surface area contributed by atoms with Gasteiger partial charge in [-0.15, -0.1) is 0 Å². The molecule has 0 bridgehead atoms. The van der Waals surface area contributed by atoms with Crippen LogP contribution in [0.4, 0.5) is 4.39 Å². The molecule has 0 amide bonds. The summed E-state index contributed by atoms with van der Waals surface area (Å²) in [5.41, 5.74) is -0.408. The molecule has 0 radical (unpaired) electrons. The highest BCUT2D eigenvalue weighted by Crippen LogP contribution is 2.51. The van der Waals surface area contributed by atoms with Gasteiger partial charge in [0, 0.05) is 12.4 Å². The fourth-order valence-corrected chi connectivity index (χ4v) is 2.77. The molecule has 0 N–H and O–H groups in total. The SMILES string of the molecule is FC1(c2nc(C3(c4ccncc4)CCC3)no2)CC1. The van der Waals surface area contributed by atoms with Crippen molar-refractivity contribution in [2.24, 2.45) is 0 Å². The predicted octanol–water partition coefficient (Wildman–Crippen LogP) is 2.89. The fourth-order valence-electron chi connectivity index (χ4n) is 2.77.